The van der Waals surface area contributed by atoms with Crippen molar-refractivity contribution in [3.63, 3.8) is 0 Å². The van der Waals surface area contributed by atoms with Gasteiger partial charge < -0.3 is 25.9 Å². The molecule has 0 radical (unpaired) electrons. The molecule has 3 atom stereocenters. The number of rotatable bonds is 3. The van der Waals surface area contributed by atoms with Gasteiger partial charge in [-0.1, -0.05) is 0 Å². The first-order valence-corrected chi connectivity index (χ1v) is 5.86. The minimum absolute atomic E-state index is 0.0531. The Morgan fingerprint density at radius 2 is 2.35 bits per heavy atom. The van der Waals surface area contributed by atoms with Gasteiger partial charge in [0.2, 0.25) is 0 Å². The van der Waals surface area contributed by atoms with Crippen LogP contribution in [0.2, 0.25) is 0 Å². The van der Waals surface area contributed by atoms with Gasteiger partial charge in [0.15, 0.2) is 5.82 Å². The van der Waals surface area contributed by atoms with Gasteiger partial charge in [-0.05, 0) is 6.92 Å². The van der Waals surface area contributed by atoms with E-state index in [0.29, 0.717) is 5.56 Å². The van der Waals surface area contributed by atoms with Gasteiger partial charge in [-0.25, -0.2) is 14.6 Å². The first kappa shape index (κ1) is 14.4. The lowest BCUT2D eigenvalue weighted by Crippen LogP contribution is -2.29. The zero-order chi connectivity index (χ0) is 14.9. The van der Waals surface area contributed by atoms with E-state index in [1.165, 1.54) is 6.92 Å². The van der Waals surface area contributed by atoms with Crippen molar-refractivity contribution >= 4 is 11.6 Å². The number of nitrogens with two attached hydrogens (primary N) is 1. The Kier molecular flexibility index (Phi) is 3.97. The predicted octanol–water partition coefficient (Wildman–Crippen LogP) is -0.644. The molecule has 0 amide bonds. The Bertz CT molecular complexity index is 586. The van der Waals surface area contributed by atoms with E-state index < -0.39 is 30.7 Å². The fraction of sp³-hybridized carbons (Fsp3) is 0.600. The van der Waals surface area contributed by atoms with E-state index in [2.05, 4.69) is 15.4 Å². The number of ether oxygens (including phenoxy) is 1. The minimum atomic E-state index is -0.938. The van der Waals surface area contributed by atoms with Crippen LogP contribution in [0.1, 0.15) is 18.2 Å². The molecule has 1 aromatic rings. The molecular weight excluding hydrogens is 270 g/mol. The highest BCUT2D eigenvalue weighted by atomic mass is 16.5. The molecule has 1 aliphatic rings. The van der Waals surface area contributed by atoms with E-state index in [1.54, 1.807) is 0 Å². The van der Waals surface area contributed by atoms with Crippen LogP contribution in [0.15, 0.2) is 15.2 Å². The molecule has 20 heavy (non-hydrogen) atoms. The van der Waals surface area contributed by atoms with Crippen LogP contribution < -0.4 is 11.4 Å². The van der Waals surface area contributed by atoms with Crippen molar-refractivity contribution in [3.05, 3.63) is 21.3 Å². The molecule has 110 valence electrons. The van der Waals surface area contributed by atoms with Crippen molar-refractivity contribution in [3.8, 4) is 0 Å². The summed E-state index contributed by atoms with van der Waals surface area (Å²) in [6, 6.07) is 0. The molecule has 0 unspecified atom stereocenters. The first-order chi connectivity index (χ1) is 9.49. The molecule has 0 saturated carbocycles. The van der Waals surface area contributed by atoms with E-state index in [-0.39, 0.29) is 18.1 Å². The normalized spacial score (nSPS) is 26.4. The predicted molar refractivity (Wildman–Crippen MR) is 67.1 cm³/mol. The quantitative estimate of drug-likeness (QED) is 0.491. The van der Waals surface area contributed by atoms with Crippen LogP contribution in [0, 0.1) is 12.1 Å². The average molecular weight is 284 g/mol. The summed E-state index contributed by atoms with van der Waals surface area (Å²) in [5.74, 6) is -0.140. The van der Waals surface area contributed by atoms with Gasteiger partial charge in [0.05, 0.1) is 12.7 Å². The van der Waals surface area contributed by atoms with Crippen LogP contribution in [0.4, 0.5) is 11.6 Å². The molecule has 10 nitrogen and oxygen atoms in total. The summed E-state index contributed by atoms with van der Waals surface area (Å²) in [5.41, 5.74) is 5.07. The lowest BCUT2D eigenvalue weighted by atomic mass is 10.2. The summed E-state index contributed by atoms with van der Waals surface area (Å²) in [4.78, 5) is 15.5. The highest BCUT2D eigenvalue weighted by molar-refractivity contribution is 5.51. The largest absolute Gasteiger partial charge is 0.775 e. The van der Waals surface area contributed by atoms with Gasteiger partial charge >= 0.3 is 5.69 Å². The van der Waals surface area contributed by atoms with Gasteiger partial charge in [-0.2, -0.15) is 4.98 Å². The number of aliphatic hydroxyl groups excluding tert-OH is 2. The Balaban J connectivity index is 2.52. The topological polar surface area (TPSA) is 158 Å². The molecular formula is C10H14N5O5-. The SMILES string of the molecule is Cc1c(N)nc(=O)n([C@H]2C[C@H](O)[C@@H](CO)O2)c1N=N[O-]. The van der Waals surface area contributed by atoms with Crippen molar-refractivity contribution in [2.75, 3.05) is 12.3 Å². The molecule has 0 aromatic carbocycles. The van der Waals surface area contributed by atoms with Gasteiger partial charge in [0.1, 0.15) is 18.1 Å². The van der Waals surface area contributed by atoms with Crippen LogP contribution in [0.5, 0.6) is 0 Å². The molecule has 1 saturated heterocycles. The number of aliphatic hydroxyl groups is 2. The summed E-state index contributed by atoms with van der Waals surface area (Å²) in [7, 11) is 0. The summed E-state index contributed by atoms with van der Waals surface area (Å²) in [5, 5.41) is 34.9. The number of hydrogen-bond acceptors (Lipinski definition) is 9. The lowest BCUT2D eigenvalue weighted by Gasteiger charge is -2.18. The van der Waals surface area contributed by atoms with Crippen molar-refractivity contribution in [2.45, 2.75) is 31.8 Å². The summed E-state index contributed by atoms with van der Waals surface area (Å²) in [6.45, 7) is 1.13. The summed E-state index contributed by atoms with van der Waals surface area (Å²) in [6.07, 6.45) is -2.60. The molecule has 10 heteroatoms. The van der Waals surface area contributed by atoms with Crippen molar-refractivity contribution in [1.29, 1.82) is 0 Å². The standard InChI is InChI=1S/C10H15N5O5/c1-4-8(11)12-10(18)15(9(4)13-14-19)7-2-5(17)6(3-16)20-7/h5-7,16-17H,2-3H2,1H3,(H,13,19)(H2,11,12,18)/p-1/t5-,6+,7+/m0/s1. The van der Waals surface area contributed by atoms with Gasteiger partial charge in [0.25, 0.3) is 0 Å². The van der Waals surface area contributed by atoms with Crippen LogP contribution >= 0.6 is 0 Å². The van der Waals surface area contributed by atoms with E-state index >= 15 is 0 Å². The Morgan fingerprint density at radius 1 is 1.65 bits per heavy atom. The van der Waals surface area contributed by atoms with E-state index in [9.17, 15) is 15.1 Å². The van der Waals surface area contributed by atoms with Crippen LogP contribution in [-0.4, -0.2) is 38.6 Å². The van der Waals surface area contributed by atoms with Crippen LogP contribution in [0.3, 0.4) is 0 Å². The van der Waals surface area contributed by atoms with E-state index in [0.717, 1.165) is 4.57 Å². The molecule has 0 aliphatic carbocycles. The van der Waals surface area contributed by atoms with Crippen molar-refractivity contribution in [1.82, 2.24) is 9.55 Å². The number of nitrogens with zero attached hydrogens (tertiary/aromatic N) is 4. The van der Waals surface area contributed by atoms with Crippen molar-refractivity contribution in [2.24, 2.45) is 10.4 Å². The van der Waals surface area contributed by atoms with Gasteiger partial charge in [-0.3, -0.25) is 0 Å². The number of anilines is 1. The minimum Gasteiger partial charge on any atom is -0.775 e. The smallest absolute Gasteiger partial charge is 0.353 e. The van der Waals surface area contributed by atoms with Crippen LogP contribution in [0.25, 0.3) is 0 Å². The average Bonchev–Trinajstić information content (AvgIpc) is 2.76. The third-order valence-electron chi connectivity index (χ3n) is 3.18. The van der Waals surface area contributed by atoms with Crippen LogP contribution in [-0.2, 0) is 4.74 Å². The second kappa shape index (κ2) is 5.53. The number of aromatic nitrogens is 2. The van der Waals surface area contributed by atoms with E-state index in [4.69, 9.17) is 15.6 Å². The fourth-order valence-electron chi connectivity index (χ4n) is 2.09. The molecule has 1 fully saturated rings. The fourth-order valence-corrected chi connectivity index (χ4v) is 2.09. The second-order valence-electron chi connectivity index (χ2n) is 4.39. The second-order valence-corrected chi connectivity index (χ2v) is 4.39. The van der Waals surface area contributed by atoms with Gasteiger partial charge in [0, 0.05) is 12.0 Å². The lowest BCUT2D eigenvalue weighted by molar-refractivity contribution is -0.0453. The number of hydrogen-bond donors (Lipinski definition) is 3. The van der Waals surface area contributed by atoms with Gasteiger partial charge in [-0.15, -0.1) is 5.11 Å². The molecule has 1 aliphatic heterocycles. The molecule has 4 N–H and O–H groups in total. The third kappa shape index (κ3) is 2.35. The molecule has 2 rings (SSSR count). The zero-order valence-electron chi connectivity index (χ0n) is 10.6. The Morgan fingerprint density at radius 3 is 2.90 bits per heavy atom. The third-order valence-corrected chi connectivity index (χ3v) is 3.18. The van der Waals surface area contributed by atoms with Crippen molar-refractivity contribution < 1.29 is 14.9 Å². The monoisotopic (exact) mass is 284 g/mol. The maximum Gasteiger partial charge on any atom is 0.353 e. The molecule has 1 aromatic heterocycles. The molecule has 2 heterocycles. The maximum atomic E-state index is 11.9. The maximum absolute atomic E-state index is 11.9. The molecule has 0 spiro atoms. The Hall–Kier alpha value is -2.04. The highest BCUT2D eigenvalue weighted by Crippen LogP contribution is 2.32. The molecule has 0 bridgehead atoms. The first-order valence-electron chi connectivity index (χ1n) is 5.86. The highest BCUT2D eigenvalue weighted by Gasteiger charge is 2.36. The number of nitrogen functional groups attached to an aromatic ring is 1. The summed E-state index contributed by atoms with van der Waals surface area (Å²) >= 11 is 0. The summed E-state index contributed by atoms with van der Waals surface area (Å²) < 4.78 is 6.34. The van der Waals surface area contributed by atoms with E-state index in [1.807, 2.05) is 0 Å². The Labute approximate surface area is 113 Å². The zero-order valence-corrected chi connectivity index (χ0v) is 10.6.